The zero-order valence-corrected chi connectivity index (χ0v) is 25.4. The van der Waals surface area contributed by atoms with E-state index in [2.05, 4.69) is 20.5 Å². The molecule has 1 aromatic carbocycles. The molecule has 17 nitrogen and oxygen atoms in total. The van der Waals surface area contributed by atoms with Crippen molar-refractivity contribution in [3.63, 3.8) is 0 Å². The third-order valence-corrected chi connectivity index (χ3v) is 7.53. The van der Waals surface area contributed by atoms with Gasteiger partial charge in [-0.1, -0.05) is 12.1 Å². The molecule has 0 unspecified atom stereocenters. The summed E-state index contributed by atoms with van der Waals surface area (Å²) in [6, 6.07) is 0.359. The lowest BCUT2D eigenvalue weighted by Crippen LogP contribution is -2.57. The number of carboxylic acid groups (broad SMARTS) is 2. The van der Waals surface area contributed by atoms with E-state index in [-0.39, 0.29) is 31.6 Å². The first-order chi connectivity index (χ1) is 20.6. The van der Waals surface area contributed by atoms with Gasteiger partial charge in [-0.3, -0.25) is 33.8 Å². The fraction of sp³-hybridized carbons (Fsp3) is 0.520. The number of nitrogens with two attached hydrogens (primary N) is 1. The number of aliphatic carboxylic acids is 2. The maximum absolute atomic E-state index is 13.5. The molecule has 244 valence electrons. The van der Waals surface area contributed by atoms with Crippen LogP contribution in [0.5, 0.6) is 5.75 Å². The van der Waals surface area contributed by atoms with Crippen LogP contribution in [0, 0.1) is 0 Å². The molecular formula is C25H36N5O12PS. The van der Waals surface area contributed by atoms with Crippen LogP contribution in [0.2, 0.25) is 0 Å². The molecule has 2 rings (SSSR count). The molecule has 0 spiro atoms. The van der Waals surface area contributed by atoms with Crippen LogP contribution in [0.4, 0.5) is 0 Å². The van der Waals surface area contributed by atoms with Crippen molar-refractivity contribution in [3.05, 3.63) is 29.8 Å². The van der Waals surface area contributed by atoms with Gasteiger partial charge in [-0.15, -0.1) is 0 Å². The van der Waals surface area contributed by atoms with E-state index in [1.54, 1.807) is 6.26 Å². The molecule has 0 bridgehead atoms. The Balaban J connectivity index is 2.24. The number of phosphoric acid groups is 1. The van der Waals surface area contributed by atoms with Crippen LogP contribution in [-0.2, 0) is 39.8 Å². The van der Waals surface area contributed by atoms with Gasteiger partial charge in [0, 0.05) is 13.0 Å². The van der Waals surface area contributed by atoms with Gasteiger partial charge in [0.15, 0.2) is 0 Å². The third kappa shape index (κ3) is 12.1. The SMILES string of the molecule is CSCC[C@H](NC(=O)[C@H](Cc1ccc(OP(=O)(O)O)cc1)NC(=O)CNC(=O)[C@@H](N)CC(=O)O)C(=O)N1CCC[C@H]1C(=O)O. The number of rotatable bonds is 17. The van der Waals surface area contributed by atoms with Gasteiger partial charge in [-0.05, 0) is 49.0 Å². The Morgan fingerprint density at radius 2 is 1.73 bits per heavy atom. The van der Waals surface area contributed by atoms with Gasteiger partial charge in [-0.25, -0.2) is 9.36 Å². The number of hydrogen-bond donors (Lipinski definition) is 8. The minimum atomic E-state index is -4.82. The second-order valence-electron chi connectivity index (χ2n) is 9.84. The normalized spacial score (nSPS) is 16.7. The van der Waals surface area contributed by atoms with Crippen molar-refractivity contribution in [2.75, 3.05) is 25.1 Å². The van der Waals surface area contributed by atoms with E-state index in [1.165, 1.54) is 40.9 Å². The molecule has 44 heavy (non-hydrogen) atoms. The van der Waals surface area contributed by atoms with Crippen LogP contribution in [0.3, 0.4) is 0 Å². The smallest absolute Gasteiger partial charge is 0.481 e. The number of nitrogens with zero attached hydrogens (tertiary/aromatic N) is 1. The van der Waals surface area contributed by atoms with Gasteiger partial charge in [0.05, 0.1) is 19.0 Å². The van der Waals surface area contributed by atoms with Gasteiger partial charge in [0.1, 0.15) is 23.9 Å². The summed E-state index contributed by atoms with van der Waals surface area (Å²) in [4.78, 5) is 93.2. The number of likely N-dealkylation sites (tertiary alicyclic amines) is 1. The number of phosphoric ester groups is 1. The van der Waals surface area contributed by atoms with Gasteiger partial charge in [-0.2, -0.15) is 11.8 Å². The highest BCUT2D eigenvalue weighted by Gasteiger charge is 2.38. The number of carboxylic acids is 2. The van der Waals surface area contributed by atoms with E-state index < -0.39 is 80.5 Å². The highest BCUT2D eigenvalue weighted by molar-refractivity contribution is 7.98. The molecule has 19 heteroatoms. The van der Waals surface area contributed by atoms with E-state index >= 15 is 0 Å². The van der Waals surface area contributed by atoms with Crippen molar-refractivity contribution in [3.8, 4) is 5.75 Å². The van der Waals surface area contributed by atoms with Gasteiger partial charge < -0.3 is 41.3 Å². The van der Waals surface area contributed by atoms with Crippen LogP contribution in [0.25, 0.3) is 0 Å². The fourth-order valence-electron chi connectivity index (χ4n) is 4.35. The molecule has 0 radical (unpaired) electrons. The molecule has 4 atom stereocenters. The maximum atomic E-state index is 13.5. The van der Waals surface area contributed by atoms with Crippen molar-refractivity contribution in [2.45, 2.75) is 56.3 Å². The highest BCUT2D eigenvalue weighted by Crippen LogP contribution is 2.37. The predicted octanol–water partition coefficient (Wildman–Crippen LogP) is -1.58. The Kier molecular flexibility index (Phi) is 14.1. The lowest BCUT2D eigenvalue weighted by molar-refractivity contribution is -0.149. The Morgan fingerprint density at radius 1 is 1.07 bits per heavy atom. The Bertz CT molecular complexity index is 1260. The molecule has 0 aromatic heterocycles. The van der Waals surface area contributed by atoms with Gasteiger partial charge >= 0.3 is 19.8 Å². The highest BCUT2D eigenvalue weighted by atomic mass is 32.2. The average molecular weight is 662 g/mol. The minimum absolute atomic E-state index is 0.158. The third-order valence-electron chi connectivity index (χ3n) is 6.44. The molecule has 4 amide bonds. The van der Waals surface area contributed by atoms with Crippen molar-refractivity contribution >= 4 is 55.2 Å². The second kappa shape index (κ2) is 17.0. The quantitative estimate of drug-likeness (QED) is 0.0875. The molecule has 9 N–H and O–H groups in total. The Labute approximate surface area is 256 Å². The molecular weight excluding hydrogens is 625 g/mol. The van der Waals surface area contributed by atoms with Crippen LogP contribution in [-0.4, -0.2) is 110 Å². The first kappa shape index (κ1) is 36.5. The molecule has 0 saturated carbocycles. The fourth-order valence-corrected chi connectivity index (χ4v) is 5.21. The number of thioether (sulfide) groups is 1. The average Bonchev–Trinajstić information content (AvgIpc) is 3.43. The first-order valence-corrected chi connectivity index (χ1v) is 16.2. The number of nitrogens with one attached hydrogen (secondary N) is 3. The minimum Gasteiger partial charge on any atom is -0.481 e. The molecule has 1 aliphatic heterocycles. The predicted molar refractivity (Wildman–Crippen MR) is 155 cm³/mol. The Hall–Kier alpha value is -3.70. The summed E-state index contributed by atoms with van der Waals surface area (Å²) in [5.41, 5.74) is 5.90. The summed E-state index contributed by atoms with van der Waals surface area (Å²) in [5.74, 6) is -5.33. The van der Waals surface area contributed by atoms with Crippen molar-refractivity contribution in [1.29, 1.82) is 0 Å². The summed E-state index contributed by atoms with van der Waals surface area (Å²) in [6.07, 6.45) is 1.86. The molecule has 1 saturated heterocycles. The lowest BCUT2D eigenvalue weighted by Gasteiger charge is -2.28. The van der Waals surface area contributed by atoms with Crippen LogP contribution in [0.1, 0.15) is 31.2 Å². The number of hydrogen-bond acceptors (Lipinski definition) is 10. The van der Waals surface area contributed by atoms with E-state index in [0.717, 1.165) is 0 Å². The Morgan fingerprint density at radius 3 is 2.30 bits per heavy atom. The van der Waals surface area contributed by atoms with E-state index in [9.17, 15) is 38.4 Å². The largest absolute Gasteiger partial charge is 0.524 e. The second-order valence-corrected chi connectivity index (χ2v) is 12.0. The lowest BCUT2D eigenvalue weighted by atomic mass is 10.0. The summed E-state index contributed by atoms with van der Waals surface area (Å²) >= 11 is 1.40. The number of carbonyl (C=O) groups is 6. The number of carbonyl (C=O) groups excluding carboxylic acids is 4. The van der Waals surface area contributed by atoms with Gasteiger partial charge in [0.25, 0.3) is 0 Å². The molecule has 1 heterocycles. The number of amides is 4. The summed E-state index contributed by atoms with van der Waals surface area (Å²) in [5, 5.41) is 25.6. The monoisotopic (exact) mass is 661 g/mol. The van der Waals surface area contributed by atoms with Crippen LogP contribution in [0.15, 0.2) is 24.3 Å². The molecule has 1 aliphatic rings. The molecule has 1 aromatic rings. The summed E-state index contributed by atoms with van der Waals surface area (Å²) < 4.78 is 15.6. The number of benzene rings is 1. The molecule has 0 aliphatic carbocycles. The topological polar surface area (TPSA) is 275 Å². The van der Waals surface area contributed by atoms with Gasteiger partial charge in [0.2, 0.25) is 23.6 Å². The van der Waals surface area contributed by atoms with Crippen LogP contribution >= 0.6 is 19.6 Å². The standard InChI is InChI=1S/C25H36N5O12PS/c1-44-10-8-17(24(36)30-9-2-3-19(30)25(37)38)29-23(35)18(11-14-4-6-15(7-5-14)42-43(39,40)41)28-20(31)13-27-22(34)16(26)12-21(32)33/h4-7,16-19H,2-3,8-13,26H2,1H3,(H,27,34)(H,28,31)(H,29,35)(H,32,33)(H,37,38)(H2,39,40,41)/t16-,17-,18-,19-/m0/s1. The van der Waals surface area contributed by atoms with Crippen LogP contribution < -0.4 is 26.2 Å². The maximum Gasteiger partial charge on any atom is 0.524 e. The van der Waals surface area contributed by atoms with E-state index in [0.29, 0.717) is 17.7 Å². The summed E-state index contributed by atoms with van der Waals surface area (Å²) in [7, 11) is -4.82. The molecule has 1 fully saturated rings. The summed E-state index contributed by atoms with van der Waals surface area (Å²) in [6.45, 7) is -0.456. The van der Waals surface area contributed by atoms with E-state index in [4.69, 9.17) is 20.6 Å². The first-order valence-electron chi connectivity index (χ1n) is 13.3. The van der Waals surface area contributed by atoms with E-state index in [1.807, 2.05) is 0 Å². The van der Waals surface area contributed by atoms with Crippen molar-refractivity contribution in [2.24, 2.45) is 5.73 Å². The zero-order valence-electron chi connectivity index (χ0n) is 23.7. The van der Waals surface area contributed by atoms with Crippen molar-refractivity contribution < 1.29 is 57.9 Å². The van der Waals surface area contributed by atoms with Crippen molar-refractivity contribution in [1.82, 2.24) is 20.9 Å². The zero-order chi connectivity index (χ0) is 33.0.